The van der Waals surface area contributed by atoms with E-state index in [0.29, 0.717) is 54.0 Å². The Bertz CT molecular complexity index is 2130. The number of phenols is 1. The summed E-state index contributed by atoms with van der Waals surface area (Å²) in [4.78, 5) is 26.5. The van der Waals surface area contributed by atoms with Crippen LogP contribution in [-0.2, 0) is 35.3 Å². The number of Topliss-reactive ketones (excluding diaryl/α,β-unsaturated/α-hetero) is 1. The fraction of sp³-hybridized carbons (Fsp3) is 0.481. The van der Waals surface area contributed by atoms with Gasteiger partial charge in [-0.3, -0.25) is 9.59 Å². The molecule has 3 aromatic carbocycles. The lowest BCUT2D eigenvalue weighted by molar-refractivity contribution is -0.124. The van der Waals surface area contributed by atoms with Crippen LogP contribution in [0.15, 0.2) is 108 Å². The highest BCUT2D eigenvalue weighted by atomic mass is 16.6. The number of hydrogen-bond acceptors (Lipinski definition) is 10. The maximum absolute atomic E-state index is 13.3. The summed E-state index contributed by atoms with van der Waals surface area (Å²) in [5, 5.41) is 40.9. The van der Waals surface area contributed by atoms with Crippen molar-refractivity contribution in [1.82, 2.24) is 16.0 Å². The number of dihydropyridines is 1. The maximum Gasteiger partial charge on any atom is 0.186 e. The number of benzene rings is 3. The first kappa shape index (κ1) is 47.1. The predicted octanol–water partition coefficient (Wildman–Crippen LogP) is 7.26. The van der Waals surface area contributed by atoms with Crippen molar-refractivity contribution >= 4 is 17.6 Å². The SMILES string of the molecule is NC1C=C(CCc2cccc(CCc3ccccc3)c2)C(Cc2cc(O)c(OCO)cc2C=CC(=O)CC(=O)CCCC(CCCO)CC2C3CCNCC3CC3C=CCNC32)=CN1. The minimum atomic E-state index is -0.619. The van der Waals surface area contributed by atoms with Gasteiger partial charge in [-0.1, -0.05) is 79.2 Å². The molecule has 0 radical (unpaired) electrons. The first-order valence-electron chi connectivity index (χ1n) is 23.8. The van der Waals surface area contributed by atoms with Crippen LogP contribution in [0.5, 0.6) is 11.5 Å². The van der Waals surface area contributed by atoms with E-state index in [1.807, 2.05) is 18.3 Å². The molecule has 1 saturated heterocycles. The number of ketones is 2. The second-order valence-corrected chi connectivity index (χ2v) is 18.5. The Morgan fingerprint density at radius 3 is 2.52 bits per heavy atom. The Morgan fingerprint density at radius 2 is 1.70 bits per heavy atom. The van der Waals surface area contributed by atoms with Crippen molar-refractivity contribution in [2.45, 2.75) is 102 Å². The van der Waals surface area contributed by atoms with Gasteiger partial charge in [0.1, 0.15) is 5.78 Å². The normalized spacial score (nSPS) is 23.4. The number of nitrogens with two attached hydrogens (primary N) is 1. The molecule has 7 unspecified atom stereocenters. The molecule has 1 saturated carbocycles. The topological polar surface area (TPSA) is 166 Å². The minimum absolute atomic E-state index is 0.0766. The van der Waals surface area contributed by atoms with Gasteiger partial charge in [-0.15, -0.1) is 0 Å². The van der Waals surface area contributed by atoms with E-state index in [1.54, 1.807) is 18.2 Å². The van der Waals surface area contributed by atoms with Crippen LogP contribution in [0.4, 0.5) is 0 Å². The van der Waals surface area contributed by atoms with Gasteiger partial charge >= 0.3 is 0 Å². The van der Waals surface area contributed by atoms with E-state index in [0.717, 1.165) is 94.1 Å². The second-order valence-electron chi connectivity index (χ2n) is 18.5. The van der Waals surface area contributed by atoms with Crippen LogP contribution in [0.2, 0.25) is 0 Å². The van der Waals surface area contributed by atoms with Crippen LogP contribution in [0.25, 0.3) is 6.08 Å². The lowest BCUT2D eigenvalue weighted by Crippen LogP contribution is -2.56. The smallest absolute Gasteiger partial charge is 0.186 e. The number of rotatable bonds is 23. The highest BCUT2D eigenvalue weighted by Crippen LogP contribution is 2.46. The average molecular weight is 871 g/mol. The quantitative estimate of drug-likeness (QED) is 0.0223. The van der Waals surface area contributed by atoms with Gasteiger partial charge in [0.05, 0.1) is 12.6 Å². The lowest BCUT2D eigenvalue weighted by Gasteiger charge is -2.51. The van der Waals surface area contributed by atoms with E-state index in [1.165, 1.54) is 35.6 Å². The van der Waals surface area contributed by atoms with Gasteiger partial charge in [-0.2, -0.15) is 0 Å². The van der Waals surface area contributed by atoms with Crippen LogP contribution in [0, 0.1) is 29.6 Å². The molecule has 10 heteroatoms. The molecule has 7 rings (SSSR count). The van der Waals surface area contributed by atoms with Crippen molar-refractivity contribution < 1.29 is 29.6 Å². The molecule has 3 aromatic rings. The molecule has 8 N–H and O–H groups in total. The number of fused-ring (bicyclic) bond motifs is 2. The van der Waals surface area contributed by atoms with Gasteiger partial charge in [-0.25, -0.2) is 0 Å². The molecular formula is C54H70N4O6. The Morgan fingerprint density at radius 1 is 0.922 bits per heavy atom. The van der Waals surface area contributed by atoms with Gasteiger partial charge < -0.3 is 41.7 Å². The molecule has 3 heterocycles. The summed E-state index contributed by atoms with van der Waals surface area (Å²) in [7, 11) is 0. The van der Waals surface area contributed by atoms with Crippen LogP contribution in [0.1, 0.15) is 92.0 Å². The van der Waals surface area contributed by atoms with Crippen molar-refractivity contribution in [1.29, 1.82) is 0 Å². The zero-order valence-corrected chi connectivity index (χ0v) is 37.4. The zero-order valence-electron chi connectivity index (χ0n) is 37.4. The Balaban J connectivity index is 0.952. The van der Waals surface area contributed by atoms with Crippen molar-refractivity contribution in [2.24, 2.45) is 35.3 Å². The number of aromatic hydroxyl groups is 1. The number of ether oxygens (including phenoxy) is 1. The summed E-state index contributed by atoms with van der Waals surface area (Å²) in [6, 6.07) is 23.0. The van der Waals surface area contributed by atoms with Crippen molar-refractivity contribution in [3.05, 3.63) is 136 Å². The van der Waals surface area contributed by atoms with Gasteiger partial charge in [0.15, 0.2) is 24.1 Å². The number of hydrogen-bond donors (Lipinski definition) is 7. The largest absolute Gasteiger partial charge is 0.504 e. The monoisotopic (exact) mass is 871 g/mol. The summed E-state index contributed by atoms with van der Waals surface area (Å²) in [6.07, 6.45) is 22.5. The average Bonchev–Trinajstić information content (AvgIpc) is 3.30. The number of nitrogens with one attached hydrogen (secondary N) is 3. The first-order chi connectivity index (χ1) is 31.3. The van der Waals surface area contributed by atoms with E-state index in [2.05, 4.69) is 76.6 Å². The Hall–Kier alpha value is -4.84. The number of carbonyl (C=O) groups excluding carboxylic acids is 2. The maximum atomic E-state index is 13.3. The third-order valence-corrected chi connectivity index (χ3v) is 14.1. The Labute approximate surface area is 380 Å². The molecule has 64 heavy (non-hydrogen) atoms. The summed E-state index contributed by atoms with van der Waals surface area (Å²) in [5.41, 5.74) is 13.7. The third kappa shape index (κ3) is 13.4. The Kier molecular flexibility index (Phi) is 17.6. The summed E-state index contributed by atoms with van der Waals surface area (Å²) < 4.78 is 5.31. The van der Waals surface area contributed by atoms with Crippen LogP contribution in [-0.4, -0.2) is 72.1 Å². The van der Waals surface area contributed by atoms with E-state index in [9.17, 15) is 24.9 Å². The highest BCUT2D eigenvalue weighted by molar-refractivity contribution is 6.06. The molecule has 2 fully saturated rings. The molecule has 4 aliphatic rings. The summed E-state index contributed by atoms with van der Waals surface area (Å²) in [5.74, 6) is 2.57. The van der Waals surface area contributed by atoms with E-state index >= 15 is 0 Å². The van der Waals surface area contributed by atoms with Crippen LogP contribution >= 0.6 is 0 Å². The fourth-order valence-electron chi connectivity index (χ4n) is 10.9. The van der Waals surface area contributed by atoms with Crippen molar-refractivity contribution in [3.63, 3.8) is 0 Å². The zero-order chi connectivity index (χ0) is 44.7. The molecule has 1 aliphatic carbocycles. The van der Waals surface area contributed by atoms with Crippen molar-refractivity contribution in [2.75, 3.05) is 33.0 Å². The number of aryl methyl sites for hydroxylation is 3. The van der Waals surface area contributed by atoms with Crippen molar-refractivity contribution in [3.8, 4) is 11.5 Å². The summed E-state index contributed by atoms with van der Waals surface area (Å²) >= 11 is 0. The molecule has 0 spiro atoms. The molecule has 0 amide bonds. The number of aliphatic hydroxyl groups is 2. The number of piperidine rings is 1. The molecule has 3 aliphatic heterocycles. The third-order valence-electron chi connectivity index (χ3n) is 14.1. The van der Waals surface area contributed by atoms with Crippen LogP contribution < -0.4 is 26.4 Å². The molecular weight excluding hydrogens is 801 g/mol. The number of carbonyl (C=O) groups is 2. The minimum Gasteiger partial charge on any atom is -0.504 e. The predicted molar refractivity (Wildman–Crippen MR) is 254 cm³/mol. The van der Waals surface area contributed by atoms with Gasteiger partial charge in [0, 0.05) is 31.8 Å². The number of aliphatic hydroxyl groups excluding tert-OH is 2. The standard InChI is InChI=1S/C54H70N4O6/c55-53-32-42(19-18-40-11-4-10-39(26-40)17-16-37-8-2-1-3-9-37)45(35-58-53)29-44-30-51(63)52(64-36-60)31-41(44)20-21-48(62)33-47(61)15-5-12-38(13-7-25-59)27-50-49-22-24-56-34-46(49)28-43-14-6-23-57-54(43)50/h1-4,6,8-11,14,20-21,26,30-32,35,38,43,46,49-50,53-54,56-60,63H,5,7,12-13,15-19,22-25,27-29,33-34,36,55H2. The van der Waals surface area contributed by atoms with E-state index in [4.69, 9.17) is 10.5 Å². The number of phenolic OH excluding ortho intramolecular Hbond substituents is 1. The summed E-state index contributed by atoms with van der Waals surface area (Å²) in [6.45, 7) is 2.65. The lowest BCUT2D eigenvalue weighted by atomic mass is 9.60. The second kappa shape index (κ2) is 23.9. The van der Waals surface area contributed by atoms with Crippen LogP contribution in [0.3, 0.4) is 0 Å². The number of allylic oxidation sites excluding steroid dienone is 3. The van der Waals surface area contributed by atoms with Gasteiger partial charge in [0.2, 0.25) is 0 Å². The highest BCUT2D eigenvalue weighted by Gasteiger charge is 2.45. The molecule has 10 nitrogen and oxygen atoms in total. The van der Waals surface area contributed by atoms with Gasteiger partial charge in [-0.05, 0) is 177 Å². The first-order valence-corrected chi connectivity index (χ1v) is 23.8. The molecule has 0 bridgehead atoms. The fourth-order valence-corrected chi connectivity index (χ4v) is 10.9. The van der Waals surface area contributed by atoms with E-state index in [-0.39, 0.29) is 42.3 Å². The molecule has 0 aromatic heterocycles. The molecule has 342 valence electrons. The molecule has 7 atom stereocenters. The van der Waals surface area contributed by atoms with Gasteiger partial charge in [0.25, 0.3) is 0 Å². The van der Waals surface area contributed by atoms with E-state index < -0.39 is 6.79 Å².